The van der Waals surface area contributed by atoms with Gasteiger partial charge in [0.1, 0.15) is 5.56 Å². The molecule has 0 atom stereocenters. The topological polar surface area (TPSA) is 81.4 Å². The van der Waals surface area contributed by atoms with Gasteiger partial charge in [-0.25, -0.2) is 14.5 Å². The zero-order chi connectivity index (χ0) is 16.5. The maximum absolute atomic E-state index is 12.6. The molecule has 3 heterocycles. The average Bonchev–Trinajstić information content (AvgIpc) is 3.24. The minimum atomic E-state index is -0.204. The van der Waals surface area contributed by atoms with E-state index in [0.29, 0.717) is 18.0 Å². The lowest BCUT2D eigenvalue weighted by atomic mass is 10.1. The number of nitrogens with zero attached hydrogens (tertiary/aromatic N) is 4. The van der Waals surface area contributed by atoms with E-state index in [1.165, 1.54) is 7.11 Å². The van der Waals surface area contributed by atoms with E-state index in [-0.39, 0.29) is 5.91 Å². The van der Waals surface area contributed by atoms with Gasteiger partial charge < -0.3 is 10.1 Å². The zero-order valence-corrected chi connectivity index (χ0v) is 13.3. The molecule has 4 rings (SSSR count). The molecule has 0 unspecified atom stereocenters. The van der Waals surface area contributed by atoms with Crippen LogP contribution in [-0.4, -0.2) is 32.6 Å². The van der Waals surface area contributed by atoms with Crippen molar-refractivity contribution in [2.45, 2.75) is 25.8 Å². The van der Waals surface area contributed by atoms with Crippen molar-refractivity contribution < 1.29 is 9.53 Å². The highest BCUT2D eigenvalue weighted by Gasteiger charge is 2.21. The van der Waals surface area contributed by atoms with E-state index in [1.807, 2.05) is 18.3 Å². The van der Waals surface area contributed by atoms with Crippen LogP contribution in [0, 0.1) is 0 Å². The summed E-state index contributed by atoms with van der Waals surface area (Å²) in [6.45, 7) is 0.347. The Morgan fingerprint density at radius 3 is 3.21 bits per heavy atom. The summed E-state index contributed by atoms with van der Waals surface area (Å²) in [6, 6.07) is 3.71. The number of aryl methyl sites for hydroxylation is 2. The Balaban J connectivity index is 1.56. The molecule has 7 nitrogen and oxygen atoms in total. The van der Waals surface area contributed by atoms with E-state index in [2.05, 4.69) is 20.4 Å². The number of hydrogen-bond acceptors (Lipinski definition) is 5. The number of carbonyl (C=O) groups is 1. The van der Waals surface area contributed by atoms with Crippen LogP contribution in [0.1, 0.15) is 33.6 Å². The summed E-state index contributed by atoms with van der Waals surface area (Å²) < 4.78 is 6.98. The molecule has 1 N–H and O–H groups in total. The molecular formula is C17H17N5O2. The minimum Gasteiger partial charge on any atom is -0.480 e. The number of methoxy groups -OCH3 is 1. The first-order chi connectivity index (χ1) is 11.8. The van der Waals surface area contributed by atoms with Crippen LogP contribution < -0.4 is 10.1 Å². The van der Waals surface area contributed by atoms with Crippen LogP contribution in [-0.2, 0) is 19.4 Å². The second-order valence-electron chi connectivity index (χ2n) is 5.74. The Bertz CT molecular complexity index is 918. The predicted octanol–water partition coefficient (Wildman–Crippen LogP) is 1.55. The Hall–Kier alpha value is -2.96. The van der Waals surface area contributed by atoms with E-state index in [9.17, 15) is 4.79 Å². The molecule has 24 heavy (non-hydrogen) atoms. The average molecular weight is 323 g/mol. The number of pyridine rings is 1. The number of carbonyl (C=O) groups excluding carboxylic acids is 1. The highest BCUT2D eigenvalue weighted by atomic mass is 16.5. The second-order valence-corrected chi connectivity index (χ2v) is 5.74. The van der Waals surface area contributed by atoms with Crippen molar-refractivity contribution in [2.24, 2.45) is 0 Å². The summed E-state index contributed by atoms with van der Waals surface area (Å²) >= 11 is 0. The number of aromatic nitrogens is 4. The van der Waals surface area contributed by atoms with Gasteiger partial charge in [0, 0.05) is 30.2 Å². The van der Waals surface area contributed by atoms with Crippen LogP contribution >= 0.6 is 0 Å². The highest BCUT2D eigenvalue weighted by Crippen LogP contribution is 2.26. The van der Waals surface area contributed by atoms with E-state index in [0.717, 1.165) is 41.7 Å². The van der Waals surface area contributed by atoms with Crippen molar-refractivity contribution in [2.75, 3.05) is 7.11 Å². The zero-order valence-electron chi connectivity index (χ0n) is 13.3. The lowest BCUT2D eigenvalue weighted by Crippen LogP contribution is -2.24. The molecule has 0 bridgehead atoms. The number of hydrogen-bond donors (Lipinski definition) is 1. The normalized spacial score (nSPS) is 13.0. The molecule has 0 saturated carbocycles. The molecule has 1 aliphatic carbocycles. The summed E-state index contributed by atoms with van der Waals surface area (Å²) in [5.74, 6) is 0.176. The van der Waals surface area contributed by atoms with Crippen molar-refractivity contribution in [1.29, 1.82) is 0 Å². The first kappa shape index (κ1) is 14.6. The van der Waals surface area contributed by atoms with Crippen molar-refractivity contribution in [1.82, 2.24) is 24.9 Å². The Kier molecular flexibility index (Phi) is 3.60. The van der Waals surface area contributed by atoms with E-state index in [4.69, 9.17) is 4.74 Å². The van der Waals surface area contributed by atoms with E-state index in [1.54, 1.807) is 16.9 Å². The van der Waals surface area contributed by atoms with Gasteiger partial charge >= 0.3 is 0 Å². The Morgan fingerprint density at radius 2 is 2.33 bits per heavy atom. The number of fused-ring (bicyclic) bond motifs is 2. The smallest absolute Gasteiger partial charge is 0.257 e. The van der Waals surface area contributed by atoms with Gasteiger partial charge in [0.05, 0.1) is 13.3 Å². The molecule has 0 aromatic carbocycles. The van der Waals surface area contributed by atoms with Gasteiger partial charge in [-0.1, -0.05) is 0 Å². The summed E-state index contributed by atoms with van der Waals surface area (Å²) in [7, 11) is 1.54. The molecule has 7 heteroatoms. The molecule has 0 fully saturated rings. The number of ether oxygens (including phenoxy) is 1. The molecule has 0 aliphatic heterocycles. The minimum absolute atomic E-state index is 0.204. The summed E-state index contributed by atoms with van der Waals surface area (Å²) in [5, 5.41) is 7.12. The fourth-order valence-electron chi connectivity index (χ4n) is 3.04. The molecule has 3 aromatic heterocycles. The molecule has 0 saturated heterocycles. The van der Waals surface area contributed by atoms with Crippen molar-refractivity contribution in [3.8, 4) is 5.88 Å². The molecule has 3 aromatic rings. The van der Waals surface area contributed by atoms with Gasteiger partial charge in [-0.05, 0) is 37.0 Å². The lowest BCUT2D eigenvalue weighted by Gasteiger charge is -2.10. The van der Waals surface area contributed by atoms with Gasteiger partial charge in [-0.15, -0.1) is 0 Å². The first-order valence-corrected chi connectivity index (χ1v) is 7.88. The van der Waals surface area contributed by atoms with E-state index >= 15 is 0 Å². The van der Waals surface area contributed by atoms with Gasteiger partial charge in [0.15, 0.2) is 5.65 Å². The Morgan fingerprint density at radius 1 is 1.42 bits per heavy atom. The van der Waals surface area contributed by atoms with Gasteiger partial charge in [0.25, 0.3) is 5.91 Å². The third-order valence-electron chi connectivity index (χ3n) is 4.25. The number of rotatable bonds is 4. The van der Waals surface area contributed by atoms with E-state index < -0.39 is 0 Å². The van der Waals surface area contributed by atoms with Crippen LogP contribution in [0.4, 0.5) is 0 Å². The number of nitrogens with one attached hydrogen (secondary N) is 1. The molecular weight excluding hydrogens is 306 g/mol. The Labute approximate surface area is 138 Å². The van der Waals surface area contributed by atoms with Gasteiger partial charge in [-0.3, -0.25) is 4.79 Å². The van der Waals surface area contributed by atoms with Crippen LogP contribution in [0.15, 0.2) is 30.7 Å². The summed E-state index contributed by atoms with van der Waals surface area (Å²) in [5.41, 5.74) is 4.24. The van der Waals surface area contributed by atoms with Crippen LogP contribution in [0.3, 0.4) is 0 Å². The maximum atomic E-state index is 12.6. The van der Waals surface area contributed by atoms with Crippen molar-refractivity contribution in [3.63, 3.8) is 0 Å². The van der Waals surface area contributed by atoms with Gasteiger partial charge in [0.2, 0.25) is 5.88 Å². The fourth-order valence-corrected chi connectivity index (χ4v) is 3.04. The maximum Gasteiger partial charge on any atom is 0.257 e. The standard InChI is InChI=1S/C17H17N5O2/c1-24-17-13(8-11-4-2-5-14(11)21-17)16(23)19-9-12-10-20-22-7-3-6-18-15(12)22/h3,6-8,10H,2,4-5,9H2,1H3,(H,19,23). The molecule has 1 amide bonds. The van der Waals surface area contributed by atoms with Crippen LogP contribution in [0.2, 0.25) is 0 Å². The lowest BCUT2D eigenvalue weighted by molar-refractivity contribution is 0.0947. The second kappa shape index (κ2) is 5.92. The first-order valence-electron chi connectivity index (χ1n) is 7.88. The summed E-state index contributed by atoms with van der Waals surface area (Å²) in [6.07, 6.45) is 8.22. The third kappa shape index (κ3) is 2.47. The molecule has 122 valence electrons. The largest absolute Gasteiger partial charge is 0.480 e. The highest BCUT2D eigenvalue weighted by molar-refractivity contribution is 5.96. The van der Waals surface area contributed by atoms with Crippen LogP contribution in [0.5, 0.6) is 5.88 Å². The van der Waals surface area contributed by atoms with Gasteiger partial charge in [-0.2, -0.15) is 5.10 Å². The van der Waals surface area contributed by atoms with Crippen molar-refractivity contribution in [3.05, 3.63) is 53.1 Å². The van der Waals surface area contributed by atoms with Crippen molar-refractivity contribution >= 4 is 11.6 Å². The fraction of sp³-hybridized carbons (Fsp3) is 0.294. The molecule has 0 spiro atoms. The molecule has 0 radical (unpaired) electrons. The quantitative estimate of drug-likeness (QED) is 0.788. The SMILES string of the molecule is COc1nc2c(cc1C(=O)NCc1cnn3cccnc13)CCC2. The molecule has 1 aliphatic rings. The third-order valence-corrected chi connectivity index (χ3v) is 4.25. The number of amides is 1. The van der Waals surface area contributed by atoms with Crippen LogP contribution in [0.25, 0.3) is 5.65 Å². The monoisotopic (exact) mass is 323 g/mol. The summed E-state index contributed by atoms with van der Waals surface area (Å²) in [4.78, 5) is 21.3. The predicted molar refractivity (Wildman–Crippen MR) is 87.0 cm³/mol.